The molecule has 1 aromatic rings. The lowest BCUT2D eigenvalue weighted by molar-refractivity contribution is 0.590. The minimum Gasteiger partial charge on any atom is -0.241 e. The van der Waals surface area contributed by atoms with Crippen molar-refractivity contribution in [3.05, 3.63) is 23.9 Å². The monoisotopic (exact) mass is 196 g/mol. The maximum absolute atomic E-state index is 11.7. The van der Waals surface area contributed by atoms with E-state index in [1.165, 1.54) is 0 Å². The summed E-state index contributed by atoms with van der Waals surface area (Å²) in [6.07, 6.45) is 1.54. The molecule has 1 radical (unpaired) electrons. The zero-order chi connectivity index (χ0) is 9.47. The van der Waals surface area contributed by atoms with Crippen molar-refractivity contribution in [2.45, 2.75) is 30.0 Å². The molecule has 0 amide bonds. The average Bonchev–Trinajstić information content (AvgIpc) is 2.86. The third-order valence-corrected chi connectivity index (χ3v) is 4.14. The number of hydrogen-bond donors (Lipinski definition) is 0. The van der Waals surface area contributed by atoms with E-state index >= 15 is 0 Å². The molecule has 3 nitrogen and oxygen atoms in total. The van der Waals surface area contributed by atoms with E-state index in [9.17, 15) is 8.42 Å². The highest BCUT2D eigenvalue weighted by Gasteiger charge is 2.37. The third-order valence-electron chi connectivity index (χ3n) is 2.04. The van der Waals surface area contributed by atoms with E-state index in [1.54, 1.807) is 19.1 Å². The van der Waals surface area contributed by atoms with Gasteiger partial charge in [0, 0.05) is 11.8 Å². The Balaban J connectivity index is 2.45. The SMILES string of the molecule is Cc1cc[c]c(S(=O)(=O)C2CC2)n1. The van der Waals surface area contributed by atoms with E-state index in [4.69, 9.17) is 0 Å². The Morgan fingerprint density at radius 2 is 2.23 bits per heavy atom. The van der Waals surface area contributed by atoms with Crippen molar-refractivity contribution in [3.63, 3.8) is 0 Å². The summed E-state index contributed by atoms with van der Waals surface area (Å²) >= 11 is 0. The summed E-state index contributed by atoms with van der Waals surface area (Å²) in [6.45, 7) is 1.78. The molecule has 0 aliphatic heterocycles. The Morgan fingerprint density at radius 1 is 1.54 bits per heavy atom. The van der Waals surface area contributed by atoms with Crippen LogP contribution in [0.3, 0.4) is 0 Å². The molecule has 69 valence electrons. The number of aryl methyl sites for hydroxylation is 1. The van der Waals surface area contributed by atoms with Gasteiger partial charge in [0.15, 0.2) is 14.9 Å². The molecule has 1 aliphatic carbocycles. The highest BCUT2D eigenvalue weighted by molar-refractivity contribution is 7.92. The predicted octanol–water partition coefficient (Wildman–Crippen LogP) is 1.13. The van der Waals surface area contributed by atoms with Crippen molar-refractivity contribution in [1.29, 1.82) is 0 Å². The molecule has 0 unspecified atom stereocenters. The summed E-state index contributed by atoms with van der Waals surface area (Å²) < 4.78 is 23.3. The van der Waals surface area contributed by atoms with Crippen LogP contribution < -0.4 is 0 Å². The van der Waals surface area contributed by atoms with Crippen LogP contribution in [-0.2, 0) is 9.84 Å². The second-order valence-corrected chi connectivity index (χ2v) is 5.42. The van der Waals surface area contributed by atoms with Crippen molar-refractivity contribution in [3.8, 4) is 0 Å². The van der Waals surface area contributed by atoms with Crippen molar-refractivity contribution < 1.29 is 8.42 Å². The van der Waals surface area contributed by atoms with Crippen LogP contribution in [0.5, 0.6) is 0 Å². The summed E-state index contributed by atoms with van der Waals surface area (Å²) in [7, 11) is -3.15. The summed E-state index contributed by atoms with van der Waals surface area (Å²) in [6, 6.07) is 6.02. The van der Waals surface area contributed by atoms with Crippen LogP contribution in [0.2, 0.25) is 0 Å². The first-order chi connectivity index (χ1) is 6.10. The smallest absolute Gasteiger partial charge is 0.199 e. The molecule has 4 heteroatoms. The molecule has 0 atom stereocenters. The van der Waals surface area contributed by atoms with Crippen molar-refractivity contribution in [2.24, 2.45) is 0 Å². The molecule has 0 bridgehead atoms. The molecule has 1 heterocycles. The van der Waals surface area contributed by atoms with Crippen LogP contribution in [0, 0.1) is 13.0 Å². The summed E-state index contributed by atoms with van der Waals surface area (Å²) in [4.78, 5) is 3.96. The molecule has 0 spiro atoms. The fourth-order valence-electron chi connectivity index (χ4n) is 1.15. The molecular weight excluding hydrogens is 186 g/mol. The first-order valence-electron chi connectivity index (χ1n) is 4.20. The highest BCUT2D eigenvalue weighted by Crippen LogP contribution is 2.32. The largest absolute Gasteiger partial charge is 0.241 e. The van der Waals surface area contributed by atoms with Gasteiger partial charge in [0.2, 0.25) is 0 Å². The maximum atomic E-state index is 11.7. The Hall–Kier alpha value is -0.900. The van der Waals surface area contributed by atoms with Crippen LogP contribution in [0.4, 0.5) is 0 Å². The van der Waals surface area contributed by atoms with E-state index in [1.807, 2.05) is 0 Å². The van der Waals surface area contributed by atoms with Gasteiger partial charge in [-0.05, 0) is 31.9 Å². The van der Waals surface area contributed by atoms with Gasteiger partial charge in [-0.25, -0.2) is 13.4 Å². The van der Waals surface area contributed by atoms with Gasteiger partial charge in [-0.15, -0.1) is 0 Å². The van der Waals surface area contributed by atoms with Gasteiger partial charge in [-0.3, -0.25) is 0 Å². The van der Waals surface area contributed by atoms with E-state index in [-0.39, 0.29) is 10.3 Å². The van der Waals surface area contributed by atoms with Crippen LogP contribution in [-0.4, -0.2) is 18.7 Å². The topological polar surface area (TPSA) is 47.0 Å². The van der Waals surface area contributed by atoms with Gasteiger partial charge >= 0.3 is 0 Å². The highest BCUT2D eigenvalue weighted by atomic mass is 32.2. The van der Waals surface area contributed by atoms with Gasteiger partial charge in [-0.2, -0.15) is 0 Å². The maximum Gasteiger partial charge on any atom is 0.199 e. The van der Waals surface area contributed by atoms with Gasteiger partial charge in [0.25, 0.3) is 0 Å². The van der Waals surface area contributed by atoms with E-state index < -0.39 is 9.84 Å². The quantitative estimate of drug-likeness (QED) is 0.712. The number of aromatic nitrogens is 1. The number of pyridine rings is 1. The Morgan fingerprint density at radius 3 is 2.77 bits per heavy atom. The number of rotatable bonds is 2. The zero-order valence-electron chi connectivity index (χ0n) is 7.32. The molecular formula is C9H10NO2S. The Kier molecular flexibility index (Phi) is 1.87. The normalized spacial score (nSPS) is 17.3. The number of sulfone groups is 1. The lowest BCUT2D eigenvalue weighted by Crippen LogP contribution is -2.09. The van der Waals surface area contributed by atoms with Crippen molar-refractivity contribution >= 4 is 9.84 Å². The summed E-state index contributed by atoms with van der Waals surface area (Å²) in [5, 5.41) is -0.0898. The molecule has 0 saturated heterocycles. The first-order valence-corrected chi connectivity index (χ1v) is 5.74. The zero-order valence-corrected chi connectivity index (χ0v) is 8.13. The van der Waals surface area contributed by atoms with Crippen LogP contribution in [0.1, 0.15) is 18.5 Å². The van der Waals surface area contributed by atoms with Gasteiger partial charge in [-0.1, -0.05) is 0 Å². The number of nitrogens with zero attached hydrogens (tertiary/aromatic N) is 1. The minimum absolute atomic E-state index is 0.106. The fourth-order valence-corrected chi connectivity index (χ4v) is 2.72. The van der Waals surface area contributed by atoms with Crippen LogP contribution in [0.25, 0.3) is 0 Å². The fraction of sp³-hybridized carbons (Fsp3) is 0.444. The van der Waals surface area contributed by atoms with E-state index in [0.29, 0.717) is 0 Å². The minimum atomic E-state index is -3.15. The Labute approximate surface area is 77.7 Å². The second-order valence-electron chi connectivity index (χ2n) is 3.28. The molecule has 13 heavy (non-hydrogen) atoms. The summed E-state index contributed by atoms with van der Waals surface area (Å²) in [5.74, 6) is 0. The lowest BCUT2D eigenvalue weighted by Gasteiger charge is -2.00. The van der Waals surface area contributed by atoms with Gasteiger partial charge < -0.3 is 0 Å². The first kappa shape index (κ1) is 8.69. The summed E-state index contributed by atoms with van der Waals surface area (Å²) in [5.41, 5.74) is 0.720. The van der Waals surface area contributed by atoms with Crippen molar-refractivity contribution in [1.82, 2.24) is 4.98 Å². The molecule has 1 aromatic heterocycles. The van der Waals surface area contributed by atoms with Crippen LogP contribution >= 0.6 is 0 Å². The molecule has 1 saturated carbocycles. The molecule has 2 rings (SSSR count). The van der Waals surface area contributed by atoms with Crippen LogP contribution in [0.15, 0.2) is 17.2 Å². The van der Waals surface area contributed by atoms with E-state index in [0.717, 1.165) is 18.5 Å². The lowest BCUT2D eigenvalue weighted by atomic mass is 10.4. The second kappa shape index (κ2) is 2.80. The Bertz CT molecular complexity index is 421. The van der Waals surface area contributed by atoms with Crippen molar-refractivity contribution in [2.75, 3.05) is 0 Å². The predicted molar refractivity (Wildman–Crippen MR) is 48.0 cm³/mol. The molecule has 1 fully saturated rings. The standard InChI is InChI=1S/C9H10NO2S/c1-7-3-2-4-9(10-7)13(11,12)8-5-6-8/h2-3,8H,5-6H2,1H3. The average molecular weight is 196 g/mol. The third kappa shape index (κ3) is 1.58. The molecule has 1 aliphatic rings. The van der Waals surface area contributed by atoms with E-state index in [2.05, 4.69) is 11.1 Å². The molecule has 0 aromatic carbocycles. The van der Waals surface area contributed by atoms with Gasteiger partial charge in [0.1, 0.15) is 0 Å². The molecule has 0 N–H and O–H groups in total. The number of hydrogen-bond acceptors (Lipinski definition) is 3. The van der Waals surface area contributed by atoms with Gasteiger partial charge in [0.05, 0.1) is 5.25 Å².